The number of methoxy groups -OCH3 is 2. The number of carbonyl (C=O) groups is 3. The highest BCUT2D eigenvalue weighted by atomic mass is 35.5. The Balaban J connectivity index is 1.80. The molecule has 1 unspecified atom stereocenters. The van der Waals surface area contributed by atoms with E-state index in [0.29, 0.717) is 22.0 Å². The molecule has 1 aliphatic heterocycles. The van der Waals surface area contributed by atoms with Crippen LogP contribution in [0.25, 0.3) is 0 Å². The fourth-order valence-corrected chi connectivity index (χ4v) is 3.79. The molecule has 0 saturated carbocycles. The van der Waals surface area contributed by atoms with E-state index in [0.717, 1.165) is 5.56 Å². The summed E-state index contributed by atoms with van der Waals surface area (Å²) in [6.07, 6.45) is -0.585. The first-order chi connectivity index (χ1) is 15.4. The molecule has 0 aliphatic carbocycles. The van der Waals surface area contributed by atoms with Crippen molar-refractivity contribution < 1.29 is 23.9 Å². The molecule has 1 heterocycles. The molecule has 4 rings (SSSR count). The van der Waals surface area contributed by atoms with Crippen molar-refractivity contribution in [2.75, 3.05) is 24.4 Å². The standard InChI is InChI=1S/C24H19ClN2O5/c1-31-23(29)14-11-15(24(30)32-2)13-17(12-14)26-21-19-5-3-4-6-20(19)22(28)27(21)18-9-7-16(25)8-10-18/h3-13,21,26H,1-2H3. The molecule has 162 valence electrons. The maximum absolute atomic E-state index is 13.2. The SMILES string of the molecule is COC(=O)c1cc(NC2c3ccccc3C(=O)N2c2ccc(Cl)cc2)cc(C(=O)OC)c1. The van der Waals surface area contributed by atoms with Crippen LogP contribution in [0.5, 0.6) is 0 Å². The van der Waals surface area contributed by atoms with Gasteiger partial charge < -0.3 is 14.8 Å². The lowest BCUT2D eigenvalue weighted by Gasteiger charge is -2.27. The average Bonchev–Trinajstić information content (AvgIpc) is 3.10. The van der Waals surface area contributed by atoms with E-state index in [1.807, 2.05) is 12.1 Å². The van der Waals surface area contributed by atoms with Gasteiger partial charge in [-0.2, -0.15) is 0 Å². The number of amides is 1. The van der Waals surface area contributed by atoms with Crippen LogP contribution in [0.2, 0.25) is 5.02 Å². The van der Waals surface area contributed by atoms with Gasteiger partial charge in [0.1, 0.15) is 6.17 Å². The average molecular weight is 451 g/mol. The zero-order chi connectivity index (χ0) is 22.8. The van der Waals surface area contributed by atoms with E-state index < -0.39 is 18.1 Å². The number of carbonyl (C=O) groups excluding carboxylic acids is 3. The highest BCUT2D eigenvalue weighted by Gasteiger charge is 2.37. The Morgan fingerprint density at radius 2 is 1.50 bits per heavy atom. The van der Waals surface area contributed by atoms with Crippen molar-refractivity contribution in [2.24, 2.45) is 0 Å². The van der Waals surface area contributed by atoms with Gasteiger partial charge >= 0.3 is 11.9 Å². The third-order valence-electron chi connectivity index (χ3n) is 5.15. The number of anilines is 2. The zero-order valence-electron chi connectivity index (χ0n) is 17.3. The third-order valence-corrected chi connectivity index (χ3v) is 5.40. The number of esters is 2. The number of halogens is 1. The first kappa shape index (κ1) is 21.4. The van der Waals surface area contributed by atoms with Crippen molar-refractivity contribution in [3.8, 4) is 0 Å². The Kier molecular flexibility index (Phi) is 5.83. The quantitative estimate of drug-likeness (QED) is 0.568. The van der Waals surface area contributed by atoms with Gasteiger partial charge in [0.05, 0.1) is 25.3 Å². The number of rotatable bonds is 5. The monoisotopic (exact) mass is 450 g/mol. The van der Waals surface area contributed by atoms with Crippen molar-refractivity contribution >= 4 is 40.8 Å². The maximum Gasteiger partial charge on any atom is 0.337 e. The third kappa shape index (κ3) is 3.90. The van der Waals surface area contributed by atoms with Gasteiger partial charge in [-0.3, -0.25) is 9.69 Å². The van der Waals surface area contributed by atoms with Crippen molar-refractivity contribution in [3.05, 3.63) is 94.0 Å². The minimum Gasteiger partial charge on any atom is -0.465 e. The summed E-state index contributed by atoms with van der Waals surface area (Å²) in [4.78, 5) is 39.1. The summed E-state index contributed by atoms with van der Waals surface area (Å²) in [6.45, 7) is 0. The molecule has 7 nitrogen and oxygen atoms in total. The Hall–Kier alpha value is -3.84. The van der Waals surface area contributed by atoms with Crippen LogP contribution in [0.15, 0.2) is 66.7 Å². The van der Waals surface area contributed by atoms with Gasteiger partial charge in [0.15, 0.2) is 0 Å². The largest absolute Gasteiger partial charge is 0.465 e. The first-order valence-corrected chi connectivity index (χ1v) is 10.1. The lowest BCUT2D eigenvalue weighted by Crippen LogP contribution is -2.32. The van der Waals surface area contributed by atoms with E-state index in [2.05, 4.69) is 5.32 Å². The van der Waals surface area contributed by atoms with E-state index in [1.165, 1.54) is 20.3 Å². The fraction of sp³-hybridized carbons (Fsp3) is 0.125. The molecular weight excluding hydrogens is 432 g/mol. The Morgan fingerprint density at radius 1 is 0.906 bits per heavy atom. The second-order valence-corrected chi connectivity index (χ2v) is 7.50. The molecule has 0 saturated heterocycles. The van der Waals surface area contributed by atoms with Crippen LogP contribution in [0.1, 0.15) is 42.8 Å². The normalized spacial score (nSPS) is 14.7. The summed E-state index contributed by atoms with van der Waals surface area (Å²) in [7, 11) is 2.52. The molecule has 8 heteroatoms. The van der Waals surface area contributed by atoms with E-state index in [-0.39, 0.29) is 17.0 Å². The summed E-state index contributed by atoms with van der Waals surface area (Å²) >= 11 is 6.03. The zero-order valence-corrected chi connectivity index (χ0v) is 18.1. The minimum atomic E-state index is -0.601. The first-order valence-electron chi connectivity index (χ1n) is 9.69. The highest BCUT2D eigenvalue weighted by molar-refractivity contribution is 6.30. The molecular formula is C24H19ClN2O5. The van der Waals surface area contributed by atoms with Gasteiger partial charge in [-0.25, -0.2) is 9.59 Å². The Bertz CT molecular complexity index is 1180. The van der Waals surface area contributed by atoms with Gasteiger partial charge in [-0.1, -0.05) is 29.8 Å². The highest BCUT2D eigenvalue weighted by Crippen LogP contribution is 2.38. The van der Waals surface area contributed by atoms with Crippen molar-refractivity contribution in [2.45, 2.75) is 6.17 Å². The van der Waals surface area contributed by atoms with Crippen LogP contribution < -0.4 is 10.2 Å². The van der Waals surface area contributed by atoms with Crippen LogP contribution in [0, 0.1) is 0 Å². The Morgan fingerprint density at radius 3 is 2.09 bits per heavy atom. The molecule has 0 spiro atoms. The summed E-state index contributed by atoms with van der Waals surface area (Å²) in [5.41, 5.74) is 2.75. The number of nitrogens with one attached hydrogen (secondary N) is 1. The van der Waals surface area contributed by atoms with E-state index >= 15 is 0 Å². The lowest BCUT2D eigenvalue weighted by molar-refractivity contribution is 0.0599. The number of hydrogen-bond donors (Lipinski definition) is 1. The second kappa shape index (κ2) is 8.72. The summed E-state index contributed by atoms with van der Waals surface area (Å²) < 4.78 is 9.62. The minimum absolute atomic E-state index is 0.175. The number of fused-ring (bicyclic) bond motifs is 1. The number of nitrogens with zero attached hydrogens (tertiary/aromatic N) is 1. The van der Waals surface area contributed by atoms with Crippen LogP contribution in [-0.2, 0) is 9.47 Å². The van der Waals surface area contributed by atoms with Crippen LogP contribution in [-0.4, -0.2) is 32.1 Å². The molecule has 0 aromatic heterocycles. The van der Waals surface area contributed by atoms with Gasteiger partial charge in [-0.05, 0) is 48.5 Å². The predicted molar refractivity (Wildman–Crippen MR) is 120 cm³/mol. The Labute approximate surface area is 189 Å². The molecule has 1 N–H and O–H groups in total. The molecule has 3 aromatic carbocycles. The second-order valence-electron chi connectivity index (χ2n) is 7.07. The van der Waals surface area contributed by atoms with Crippen LogP contribution >= 0.6 is 11.6 Å². The summed E-state index contributed by atoms with van der Waals surface area (Å²) in [5, 5.41) is 3.84. The number of ether oxygens (including phenoxy) is 2. The van der Waals surface area contributed by atoms with E-state index in [9.17, 15) is 14.4 Å². The molecule has 0 bridgehead atoms. The fourth-order valence-electron chi connectivity index (χ4n) is 3.67. The van der Waals surface area contributed by atoms with E-state index in [4.69, 9.17) is 21.1 Å². The van der Waals surface area contributed by atoms with Crippen LogP contribution in [0.3, 0.4) is 0 Å². The lowest BCUT2D eigenvalue weighted by atomic mass is 10.1. The summed E-state index contributed by atoms with van der Waals surface area (Å²) in [6, 6.07) is 18.7. The smallest absolute Gasteiger partial charge is 0.337 e. The van der Waals surface area contributed by atoms with Gasteiger partial charge in [0.2, 0.25) is 0 Å². The summed E-state index contributed by atoms with van der Waals surface area (Å²) in [5.74, 6) is -1.38. The number of benzene rings is 3. The predicted octanol–water partition coefficient (Wildman–Crippen LogP) is 4.68. The van der Waals surface area contributed by atoms with Crippen LogP contribution in [0.4, 0.5) is 11.4 Å². The molecule has 1 aliphatic rings. The molecule has 0 fully saturated rings. The molecule has 3 aromatic rings. The molecule has 0 radical (unpaired) electrons. The topological polar surface area (TPSA) is 84.9 Å². The van der Waals surface area contributed by atoms with Gasteiger partial charge in [0.25, 0.3) is 5.91 Å². The molecule has 1 amide bonds. The molecule has 1 atom stereocenters. The van der Waals surface area contributed by atoms with Gasteiger partial charge in [-0.15, -0.1) is 0 Å². The van der Waals surface area contributed by atoms with Crippen molar-refractivity contribution in [1.29, 1.82) is 0 Å². The van der Waals surface area contributed by atoms with Crippen molar-refractivity contribution in [1.82, 2.24) is 0 Å². The maximum atomic E-state index is 13.2. The van der Waals surface area contributed by atoms with Gasteiger partial charge in [0, 0.05) is 27.5 Å². The van der Waals surface area contributed by atoms with Crippen molar-refractivity contribution in [3.63, 3.8) is 0 Å². The number of hydrogen-bond acceptors (Lipinski definition) is 6. The van der Waals surface area contributed by atoms with E-state index in [1.54, 1.807) is 53.4 Å². The molecule has 32 heavy (non-hydrogen) atoms.